The molecule has 0 heterocycles. The van der Waals surface area contributed by atoms with Gasteiger partial charge >= 0.3 is 10.5 Å². The fraction of sp³-hybridized carbons (Fsp3) is 0.900. The van der Waals surface area contributed by atoms with E-state index in [0.29, 0.717) is 18.8 Å². The Morgan fingerprint density at radius 3 is 2.56 bits per heavy atom. The Labute approximate surface area is 96.1 Å². The maximum absolute atomic E-state index is 12.0. The van der Waals surface area contributed by atoms with Crippen LogP contribution >= 0.6 is 0 Å². The number of Topliss-reactive ketones (excluding diaryl/α,β-unsaturated/α-hetero) is 1. The van der Waals surface area contributed by atoms with E-state index in [-0.39, 0.29) is 17.0 Å². The molecular weight excluding hydrogens is 230 g/mol. The highest BCUT2D eigenvalue weighted by Crippen LogP contribution is 2.64. The lowest BCUT2D eigenvalue weighted by molar-refractivity contribution is -0.128. The van der Waals surface area contributed by atoms with Crippen molar-refractivity contribution in [1.82, 2.24) is 0 Å². The molecule has 0 aromatic rings. The Morgan fingerprint density at radius 2 is 2.19 bits per heavy atom. The molecule has 3 atom stereocenters. The second kappa shape index (κ2) is 3.35. The van der Waals surface area contributed by atoms with Crippen molar-refractivity contribution in [2.24, 2.45) is 22.6 Å². The molecular formula is C10H17NO4S+. The third kappa shape index (κ3) is 1.40. The molecule has 2 aliphatic carbocycles. The van der Waals surface area contributed by atoms with Crippen molar-refractivity contribution in [2.75, 3.05) is 5.75 Å². The molecule has 2 N–H and O–H groups in total. The van der Waals surface area contributed by atoms with Crippen molar-refractivity contribution in [2.45, 2.75) is 33.1 Å². The van der Waals surface area contributed by atoms with E-state index in [1.165, 1.54) is 0 Å². The fourth-order valence-electron chi connectivity index (χ4n) is 3.44. The van der Waals surface area contributed by atoms with Crippen LogP contribution < -0.4 is 5.90 Å². The number of carbonyl (C=O) groups is 1. The van der Waals surface area contributed by atoms with Gasteiger partial charge in [0.2, 0.25) is 0 Å². The van der Waals surface area contributed by atoms with E-state index in [1.807, 2.05) is 13.8 Å². The van der Waals surface area contributed by atoms with Crippen molar-refractivity contribution in [3.8, 4) is 0 Å². The zero-order chi connectivity index (χ0) is 12.2. The van der Waals surface area contributed by atoms with Crippen molar-refractivity contribution in [1.29, 1.82) is 0 Å². The van der Waals surface area contributed by atoms with Crippen LogP contribution in [-0.4, -0.2) is 11.5 Å². The molecule has 2 rings (SSSR count). The van der Waals surface area contributed by atoms with Gasteiger partial charge in [-0.1, -0.05) is 13.8 Å². The van der Waals surface area contributed by atoms with Crippen molar-refractivity contribution < 1.29 is 17.8 Å². The molecule has 0 aliphatic heterocycles. The minimum atomic E-state index is -3.79. The number of carbonyl (C=O) groups excluding carboxylic acids is 1. The quantitative estimate of drug-likeness (QED) is 0.596. The Balaban J connectivity index is 2.36. The highest BCUT2D eigenvalue weighted by molar-refractivity contribution is 7.92. The molecule has 0 amide bonds. The van der Waals surface area contributed by atoms with Gasteiger partial charge in [-0.3, -0.25) is 4.79 Å². The first kappa shape index (κ1) is 12.2. The number of nitrogens with two attached hydrogens (primary N) is 1. The maximum Gasteiger partial charge on any atom is 0.414 e. The zero-order valence-corrected chi connectivity index (χ0v) is 10.3. The summed E-state index contributed by atoms with van der Waals surface area (Å²) in [5, 5.41) is 0. The molecule has 0 saturated heterocycles. The summed E-state index contributed by atoms with van der Waals surface area (Å²) in [5.74, 6) is 4.82. The van der Waals surface area contributed by atoms with Crippen LogP contribution in [0.15, 0.2) is 0 Å². The van der Waals surface area contributed by atoms with Crippen LogP contribution in [-0.2, 0) is 28.3 Å². The molecule has 6 heteroatoms. The van der Waals surface area contributed by atoms with Gasteiger partial charge in [-0.2, -0.15) is 5.90 Å². The minimum Gasteiger partial charge on any atom is -0.299 e. The molecule has 0 aromatic heterocycles. The summed E-state index contributed by atoms with van der Waals surface area (Å²) < 4.78 is 27.0. The number of rotatable bonds is 3. The van der Waals surface area contributed by atoms with E-state index < -0.39 is 15.9 Å². The van der Waals surface area contributed by atoms with Crippen LogP contribution in [0, 0.1) is 16.7 Å². The third-order valence-corrected chi connectivity index (χ3v) is 5.85. The summed E-state index contributed by atoms with van der Waals surface area (Å²) in [4.78, 5) is 12.0. The summed E-state index contributed by atoms with van der Waals surface area (Å²) in [6.45, 7) is 3.95. The summed E-state index contributed by atoms with van der Waals surface area (Å²) in [6.07, 6.45) is 2.04. The summed E-state index contributed by atoms with van der Waals surface area (Å²) >= 11 is 0. The molecule has 2 unspecified atom stereocenters. The van der Waals surface area contributed by atoms with Crippen LogP contribution in [0.25, 0.3) is 0 Å². The normalized spacial score (nSPS) is 40.0. The summed E-state index contributed by atoms with van der Waals surface area (Å²) in [7, 11) is -3.79. The Kier molecular flexibility index (Phi) is 2.55. The van der Waals surface area contributed by atoms with Gasteiger partial charge in [0.25, 0.3) is 0 Å². The van der Waals surface area contributed by atoms with Gasteiger partial charge in [0, 0.05) is 6.42 Å². The summed E-state index contributed by atoms with van der Waals surface area (Å²) in [5.41, 5.74) is -1.05. The second-order valence-corrected chi connectivity index (χ2v) is 7.06. The van der Waals surface area contributed by atoms with Gasteiger partial charge in [0.15, 0.2) is 5.75 Å². The van der Waals surface area contributed by atoms with E-state index in [9.17, 15) is 13.6 Å². The van der Waals surface area contributed by atoms with Crippen LogP contribution in [0.5, 0.6) is 0 Å². The molecule has 0 aromatic carbocycles. The van der Waals surface area contributed by atoms with Gasteiger partial charge in [0.05, 0.1) is 9.97 Å². The largest absolute Gasteiger partial charge is 0.414 e. The van der Waals surface area contributed by atoms with E-state index >= 15 is 0 Å². The molecule has 2 fully saturated rings. The Bertz CT molecular complexity index is 381. The molecule has 2 saturated carbocycles. The average molecular weight is 247 g/mol. The average Bonchev–Trinajstić information content (AvgIpc) is 2.51. The van der Waals surface area contributed by atoms with E-state index in [2.05, 4.69) is 4.28 Å². The third-order valence-electron chi connectivity index (χ3n) is 4.71. The lowest BCUT2D eigenvalue weighted by Crippen LogP contribution is -2.44. The number of fused-ring (bicyclic) bond motifs is 2. The van der Waals surface area contributed by atoms with E-state index in [4.69, 9.17) is 5.90 Å². The molecule has 2 bridgehead atoms. The van der Waals surface area contributed by atoms with Crippen LogP contribution in [0.2, 0.25) is 0 Å². The number of ketones is 1. The molecule has 0 spiro atoms. The van der Waals surface area contributed by atoms with Crippen LogP contribution in [0.1, 0.15) is 33.1 Å². The number of hydrogen-bond acceptors (Lipinski definition) is 4. The van der Waals surface area contributed by atoms with Crippen LogP contribution in [0.4, 0.5) is 0 Å². The fourth-order valence-corrected chi connectivity index (χ4v) is 4.79. The first-order valence-electron chi connectivity index (χ1n) is 5.39. The lowest BCUT2D eigenvalue weighted by atomic mass is 9.70. The van der Waals surface area contributed by atoms with Crippen molar-refractivity contribution >= 4 is 16.3 Å². The molecule has 91 valence electrons. The first-order valence-corrected chi connectivity index (χ1v) is 6.97. The zero-order valence-electron chi connectivity index (χ0n) is 9.52. The molecule has 1 radical (unpaired) electrons. The first-order chi connectivity index (χ1) is 7.25. The Morgan fingerprint density at radius 1 is 1.56 bits per heavy atom. The standard InChI is InChI=1S/C10H17NO4S/c1-9(2)7-3-4-10(9,8(12)5-7)6-16(13,14)15-11/h7H,3-6,11H2,1-2H3/q+1/t7?,10-/m0/s1. The van der Waals surface area contributed by atoms with Gasteiger partial charge in [0.1, 0.15) is 5.78 Å². The van der Waals surface area contributed by atoms with Gasteiger partial charge in [-0.05, 0) is 32.7 Å². The molecule has 5 nitrogen and oxygen atoms in total. The SMILES string of the molecule is CC1(C)C2CC[C@]1(C[S+]([O])(=O)ON)C(=O)C2. The van der Waals surface area contributed by atoms with Crippen LogP contribution in [0.3, 0.4) is 0 Å². The van der Waals surface area contributed by atoms with Crippen molar-refractivity contribution in [3.05, 3.63) is 0 Å². The highest BCUT2D eigenvalue weighted by Gasteiger charge is 2.68. The van der Waals surface area contributed by atoms with E-state index in [0.717, 1.165) is 6.42 Å². The lowest BCUT2D eigenvalue weighted by Gasteiger charge is -2.33. The monoisotopic (exact) mass is 247 g/mol. The van der Waals surface area contributed by atoms with Gasteiger partial charge in [-0.15, -0.1) is 0 Å². The smallest absolute Gasteiger partial charge is 0.299 e. The topological polar surface area (TPSA) is 89.3 Å². The van der Waals surface area contributed by atoms with E-state index in [1.54, 1.807) is 0 Å². The number of hydrogen-bond donors (Lipinski definition) is 1. The molecule has 2 aliphatic rings. The predicted molar refractivity (Wildman–Crippen MR) is 57.4 cm³/mol. The van der Waals surface area contributed by atoms with Gasteiger partial charge < -0.3 is 0 Å². The maximum atomic E-state index is 12.0. The minimum absolute atomic E-state index is 0.0503. The Hall–Kier alpha value is -0.300. The summed E-state index contributed by atoms with van der Waals surface area (Å²) in [6, 6.07) is 0. The molecule has 16 heavy (non-hydrogen) atoms. The second-order valence-electron chi connectivity index (χ2n) is 5.46. The van der Waals surface area contributed by atoms with Gasteiger partial charge in [-0.25, -0.2) is 0 Å². The predicted octanol–water partition coefficient (Wildman–Crippen LogP) is 1.03. The highest BCUT2D eigenvalue weighted by atomic mass is 32.3. The van der Waals surface area contributed by atoms with Crippen molar-refractivity contribution in [3.63, 3.8) is 0 Å².